The van der Waals surface area contributed by atoms with Gasteiger partial charge in [-0.15, -0.1) is 0 Å². The maximum absolute atomic E-state index is 10.9. The molecule has 0 amide bonds. The van der Waals surface area contributed by atoms with Gasteiger partial charge in [0, 0.05) is 28.4 Å². The number of phenols is 1. The molecule has 1 aliphatic heterocycles. The number of nitrogens with zero attached hydrogens (tertiary/aromatic N) is 2. The lowest BCUT2D eigenvalue weighted by atomic mass is 9.77. The summed E-state index contributed by atoms with van der Waals surface area (Å²) >= 11 is 0. The SMILES string of the molecule is CN1C(C)(C)CC(N=Cc2cc(C(C)(C)C)c(O)c(C(C)(C)C)c2)CC1(C)C. The summed E-state index contributed by atoms with van der Waals surface area (Å²) in [5, 5.41) is 10.9. The summed E-state index contributed by atoms with van der Waals surface area (Å²) in [6.45, 7) is 22.1. The first-order chi connectivity index (χ1) is 12.4. The highest BCUT2D eigenvalue weighted by Crippen LogP contribution is 2.40. The Morgan fingerprint density at radius 1 is 0.929 bits per heavy atom. The van der Waals surface area contributed by atoms with E-state index in [1.165, 1.54) is 0 Å². The number of hydrogen-bond acceptors (Lipinski definition) is 3. The third-order valence-electron chi connectivity index (χ3n) is 6.47. The zero-order valence-corrected chi connectivity index (χ0v) is 20.1. The van der Waals surface area contributed by atoms with Crippen molar-refractivity contribution in [2.45, 2.75) is 110 Å². The molecule has 1 saturated heterocycles. The number of rotatable bonds is 2. The lowest BCUT2D eigenvalue weighted by Crippen LogP contribution is -2.59. The maximum atomic E-state index is 10.9. The first kappa shape index (κ1) is 22.9. The molecule has 0 radical (unpaired) electrons. The summed E-state index contributed by atoms with van der Waals surface area (Å²) in [5.74, 6) is 0.429. The van der Waals surface area contributed by atoms with Crippen LogP contribution in [0.4, 0.5) is 0 Å². The van der Waals surface area contributed by atoms with Crippen LogP contribution in [0.5, 0.6) is 5.75 Å². The Morgan fingerprint density at radius 3 is 1.68 bits per heavy atom. The van der Waals surface area contributed by atoms with Crippen LogP contribution >= 0.6 is 0 Å². The fourth-order valence-corrected chi connectivity index (χ4v) is 4.49. The monoisotopic (exact) mass is 386 g/mol. The van der Waals surface area contributed by atoms with E-state index in [0.29, 0.717) is 11.8 Å². The van der Waals surface area contributed by atoms with Crippen molar-refractivity contribution in [1.29, 1.82) is 0 Å². The van der Waals surface area contributed by atoms with Gasteiger partial charge in [0.25, 0.3) is 0 Å². The van der Waals surface area contributed by atoms with Crippen molar-refractivity contribution in [1.82, 2.24) is 4.90 Å². The van der Waals surface area contributed by atoms with E-state index in [2.05, 4.69) is 93.3 Å². The minimum absolute atomic E-state index is 0.120. The van der Waals surface area contributed by atoms with Crippen LogP contribution in [0, 0.1) is 0 Å². The Balaban J connectivity index is 2.43. The van der Waals surface area contributed by atoms with Crippen LogP contribution in [0.3, 0.4) is 0 Å². The Hall–Kier alpha value is -1.35. The predicted octanol–water partition coefficient (Wildman–Crippen LogP) is 6.06. The van der Waals surface area contributed by atoms with Gasteiger partial charge in [0.1, 0.15) is 5.75 Å². The number of aliphatic imine (C=N–C) groups is 1. The molecule has 2 rings (SSSR count). The molecule has 1 aliphatic rings. The molecule has 0 aromatic heterocycles. The Bertz CT molecular complexity index is 692. The summed E-state index contributed by atoms with van der Waals surface area (Å²) in [5.41, 5.74) is 3.09. The summed E-state index contributed by atoms with van der Waals surface area (Å²) < 4.78 is 0. The highest BCUT2D eigenvalue weighted by Gasteiger charge is 2.42. The van der Waals surface area contributed by atoms with Crippen molar-refractivity contribution < 1.29 is 5.11 Å². The number of benzene rings is 1. The van der Waals surface area contributed by atoms with Crippen molar-refractivity contribution in [2.24, 2.45) is 4.99 Å². The number of hydrogen-bond donors (Lipinski definition) is 1. The van der Waals surface area contributed by atoms with Crippen LogP contribution in [0.25, 0.3) is 0 Å². The molecule has 0 saturated carbocycles. The number of aromatic hydroxyl groups is 1. The van der Waals surface area contributed by atoms with Crippen LogP contribution < -0.4 is 0 Å². The van der Waals surface area contributed by atoms with Crippen LogP contribution in [0.2, 0.25) is 0 Å². The van der Waals surface area contributed by atoms with Gasteiger partial charge in [-0.05, 0) is 76.1 Å². The molecular weight excluding hydrogens is 344 g/mol. The van der Waals surface area contributed by atoms with Gasteiger partial charge in [-0.25, -0.2) is 0 Å². The first-order valence-electron chi connectivity index (χ1n) is 10.6. The van der Waals surface area contributed by atoms with Crippen molar-refractivity contribution in [3.8, 4) is 5.75 Å². The van der Waals surface area contributed by atoms with Crippen molar-refractivity contribution in [2.75, 3.05) is 7.05 Å². The predicted molar refractivity (Wildman–Crippen MR) is 122 cm³/mol. The molecule has 0 spiro atoms. The fourth-order valence-electron chi connectivity index (χ4n) is 4.49. The van der Waals surface area contributed by atoms with Gasteiger partial charge in [-0.3, -0.25) is 9.89 Å². The van der Waals surface area contributed by atoms with Gasteiger partial charge in [0.15, 0.2) is 0 Å². The maximum Gasteiger partial charge on any atom is 0.123 e. The molecule has 158 valence electrons. The molecule has 0 atom stereocenters. The smallest absolute Gasteiger partial charge is 0.123 e. The molecular formula is C25H42N2O. The largest absolute Gasteiger partial charge is 0.507 e. The minimum Gasteiger partial charge on any atom is -0.507 e. The van der Waals surface area contributed by atoms with Gasteiger partial charge < -0.3 is 5.11 Å². The molecule has 1 N–H and O–H groups in total. The number of piperidine rings is 1. The van der Waals surface area contributed by atoms with Crippen molar-refractivity contribution in [3.05, 3.63) is 28.8 Å². The Kier molecular flexibility index (Phi) is 5.87. The topological polar surface area (TPSA) is 35.8 Å². The van der Waals surface area contributed by atoms with E-state index >= 15 is 0 Å². The van der Waals surface area contributed by atoms with Crippen LogP contribution in [-0.4, -0.2) is 40.4 Å². The van der Waals surface area contributed by atoms with Crippen LogP contribution in [-0.2, 0) is 10.8 Å². The second-order valence-electron chi connectivity index (χ2n) is 12.0. The first-order valence-corrected chi connectivity index (χ1v) is 10.6. The van der Waals surface area contributed by atoms with E-state index in [1.54, 1.807) is 0 Å². The fraction of sp³-hybridized carbons (Fsp3) is 0.720. The number of likely N-dealkylation sites (tertiary alicyclic amines) is 1. The van der Waals surface area contributed by atoms with E-state index in [0.717, 1.165) is 29.5 Å². The zero-order chi connectivity index (χ0) is 21.7. The molecule has 0 aliphatic carbocycles. The Labute approximate surface area is 173 Å². The molecule has 0 unspecified atom stereocenters. The molecule has 1 aromatic carbocycles. The third kappa shape index (κ3) is 4.79. The van der Waals surface area contributed by atoms with Gasteiger partial charge in [-0.2, -0.15) is 0 Å². The van der Waals surface area contributed by atoms with Crippen LogP contribution in [0.1, 0.15) is 98.8 Å². The summed E-state index contributed by atoms with van der Waals surface area (Å²) in [7, 11) is 2.23. The van der Waals surface area contributed by atoms with Gasteiger partial charge in [-0.1, -0.05) is 41.5 Å². The minimum atomic E-state index is -0.120. The van der Waals surface area contributed by atoms with Gasteiger partial charge in [0.2, 0.25) is 0 Å². The van der Waals surface area contributed by atoms with E-state index in [9.17, 15) is 5.11 Å². The second kappa shape index (κ2) is 7.16. The standard InChI is InChI=1S/C25H42N2O/c1-22(2,3)19-12-17(13-20(21(19)28)23(4,5)6)16-26-18-14-24(7,8)27(11)25(9,10)15-18/h12-13,16,18,28H,14-15H2,1-11H3. The van der Waals surface area contributed by atoms with Crippen molar-refractivity contribution in [3.63, 3.8) is 0 Å². The lowest BCUT2D eigenvalue weighted by molar-refractivity contribution is -0.0106. The van der Waals surface area contributed by atoms with E-state index in [-0.39, 0.29) is 21.9 Å². The van der Waals surface area contributed by atoms with E-state index in [4.69, 9.17) is 4.99 Å². The average Bonchev–Trinajstić information content (AvgIpc) is 2.48. The van der Waals surface area contributed by atoms with E-state index in [1.807, 2.05) is 6.21 Å². The zero-order valence-electron chi connectivity index (χ0n) is 20.1. The van der Waals surface area contributed by atoms with E-state index < -0.39 is 0 Å². The molecule has 3 nitrogen and oxygen atoms in total. The molecule has 0 bridgehead atoms. The molecule has 1 aromatic rings. The third-order valence-corrected chi connectivity index (χ3v) is 6.47. The lowest BCUT2D eigenvalue weighted by Gasteiger charge is -2.52. The van der Waals surface area contributed by atoms with Gasteiger partial charge in [0.05, 0.1) is 6.04 Å². The summed E-state index contributed by atoms with van der Waals surface area (Å²) in [6, 6.07) is 4.53. The average molecular weight is 387 g/mol. The normalized spacial score (nSPS) is 21.4. The summed E-state index contributed by atoms with van der Waals surface area (Å²) in [6.07, 6.45) is 4.14. The number of phenolic OH excluding ortho intramolecular Hbond substituents is 1. The highest BCUT2D eigenvalue weighted by molar-refractivity contribution is 5.81. The highest BCUT2D eigenvalue weighted by atomic mass is 16.3. The Morgan fingerprint density at radius 2 is 1.32 bits per heavy atom. The van der Waals surface area contributed by atoms with Gasteiger partial charge >= 0.3 is 0 Å². The summed E-state index contributed by atoms with van der Waals surface area (Å²) in [4.78, 5) is 7.51. The molecule has 3 heteroatoms. The van der Waals surface area contributed by atoms with Crippen LogP contribution in [0.15, 0.2) is 17.1 Å². The molecule has 28 heavy (non-hydrogen) atoms. The van der Waals surface area contributed by atoms with Crippen molar-refractivity contribution >= 4 is 6.21 Å². The molecule has 1 heterocycles. The quantitative estimate of drug-likeness (QED) is 0.627. The molecule has 1 fully saturated rings. The second-order valence-corrected chi connectivity index (χ2v) is 12.0.